The molecule has 15 heavy (non-hydrogen) atoms. The summed E-state index contributed by atoms with van der Waals surface area (Å²) >= 11 is 5.63. The van der Waals surface area contributed by atoms with E-state index in [9.17, 15) is 9.18 Å². The van der Waals surface area contributed by atoms with Crippen molar-refractivity contribution in [2.24, 2.45) is 5.73 Å². The molecule has 2 rings (SSSR count). The zero-order chi connectivity index (χ0) is 11.0. The molecule has 1 aliphatic heterocycles. The predicted octanol–water partition coefficient (Wildman–Crippen LogP) is 1.54. The van der Waals surface area contributed by atoms with Gasteiger partial charge in [-0.25, -0.2) is 4.39 Å². The van der Waals surface area contributed by atoms with Gasteiger partial charge >= 0.3 is 0 Å². The highest BCUT2D eigenvalue weighted by atomic mass is 35.5. The number of rotatable bonds is 1. The molecule has 1 fully saturated rings. The van der Waals surface area contributed by atoms with Crippen LogP contribution < -0.4 is 10.6 Å². The van der Waals surface area contributed by atoms with Crippen molar-refractivity contribution in [2.75, 3.05) is 11.4 Å². The van der Waals surface area contributed by atoms with Gasteiger partial charge in [-0.3, -0.25) is 4.79 Å². The molecule has 0 bridgehead atoms. The first-order valence-electron chi connectivity index (χ1n) is 4.61. The van der Waals surface area contributed by atoms with Crippen molar-refractivity contribution in [1.82, 2.24) is 0 Å². The molecule has 0 aliphatic carbocycles. The van der Waals surface area contributed by atoms with Crippen LogP contribution in [0, 0.1) is 5.82 Å². The van der Waals surface area contributed by atoms with Gasteiger partial charge in [-0.15, -0.1) is 0 Å². The van der Waals surface area contributed by atoms with Gasteiger partial charge in [-0.2, -0.15) is 0 Å². The maximum Gasteiger partial charge on any atom is 0.243 e. The highest BCUT2D eigenvalue weighted by molar-refractivity contribution is 6.31. The van der Waals surface area contributed by atoms with Crippen LogP contribution in [0.4, 0.5) is 10.1 Å². The second-order valence-corrected chi connectivity index (χ2v) is 3.89. The minimum Gasteiger partial charge on any atom is -0.320 e. The van der Waals surface area contributed by atoms with E-state index in [0.717, 1.165) is 0 Å². The lowest BCUT2D eigenvalue weighted by atomic mass is 10.3. The average molecular weight is 229 g/mol. The molecule has 2 N–H and O–H groups in total. The highest BCUT2D eigenvalue weighted by Crippen LogP contribution is 2.25. The number of anilines is 1. The van der Waals surface area contributed by atoms with Crippen molar-refractivity contribution in [2.45, 2.75) is 12.5 Å². The fraction of sp³-hybridized carbons (Fsp3) is 0.300. The number of benzene rings is 1. The quantitative estimate of drug-likeness (QED) is 0.793. The summed E-state index contributed by atoms with van der Waals surface area (Å²) in [5, 5.41) is 0.0146. The van der Waals surface area contributed by atoms with Gasteiger partial charge in [0, 0.05) is 12.2 Å². The number of hydrogen-bond donors (Lipinski definition) is 1. The number of nitrogens with two attached hydrogens (primary N) is 1. The van der Waals surface area contributed by atoms with Crippen molar-refractivity contribution >= 4 is 23.2 Å². The zero-order valence-corrected chi connectivity index (χ0v) is 8.67. The second kappa shape index (κ2) is 3.79. The summed E-state index contributed by atoms with van der Waals surface area (Å²) in [7, 11) is 0. The topological polar surface area (TPSA) is 46.3 Å². The van der Waals surface area contributed by atoms with Gasteiger partial charge in [0.05, 0.1) is 11.1 Å². The third kappa shape index (κ3) is 1.82. The standard InChI is InChI=1S/C10H10ClFN2O/c11-7-5-6(1-2-8(7)12)14-4-3-9(13)10(14)15/h1-2,5,9H,3-4,13H2/t9-/m1/s1. The zero-order valence-electron chi connectivity index (χ0n) is 7.91. The summed E-state index contributed by atoms with van der Waals surface area (Å²) in [6.45, 7) is 0.558. The van der Waals surface area contributed by atoms with Crippen LogP contribution in [0.1, 0.15) is 6.42 Å². The first-order valence-corrected chi connectivity index (χ1v) is 4.99. The van der Waals surface area contributed by atoms with E-state index in [4.69, 9.17) is 17.3 Å². The second-order valence-electron chi connectivity index (χ2n) is 3.48. The van der Waals surface area contributed by atoms with E-state index in [1.54, 1.807) is 0 Å². The molecule has 0 unspecified atom stereocenters. The van der Waals surface area contributed by atoms with Gasteiger partial charge in [0.25, 0.3) is 0 Å². The Morgan fingerprint density at radius 3 is 2.80 bits per heavy atom. The van der Waals surface area contributed by atoms with Gasteiger partial charge in [0.1, 0.15) is 5.82 Å². The molecule has 5 heteroatoms. The van der Waals surface area contributed by atoms with Gasteiger partial charge in [-0.1, -0.05) is 11.6 Å². The molecule has 3 nitrogen and oxygen atoms in total. The van der Waals surface area contributed by atoms with Crippen molar-refractivity contribution < 1.29 is 9.18 Å². The van der Waals surface area contributed by atoms with Gasteiger partial charge in [-0.05, 0) is 24.6 Å². The lowest BCUT2D eigenvalue weighted by Crippen LogP contribution is -2.33. The Balaban J connectivity index is 2.31. The molecule has 1 aromatic rings. The third-order valence-electron chi connectivity index (χ3n) is 2.46. The fourth-order valence-electron chi connectivity index (χ4n) is 1.61. The Hall–Kier alpha value is -1.13. The van der Waals surface area contributed by atoms with E-state index in [1.807, 2.05) is 0 Å². The lowest BCUT2D eigenvalue weighted by Gasteiger charge is -2.16. The molecule has 0 aromatic heterocycles. The van der Waals surface area contributed by atoms with E-state index < -0.39 is 11.9 Å². The first kappa shape index (κ1) is 10.4. The average Bonchev–Trinajstić information content (AvgIpc) is 2.53. The molecule has 0 saturated carbocycles. The molecule has 0 spiro atoms. The molecular formula is C10H10ClFN2O. The number of hydrogen-bond acceptors (Lipinski definition) is 2. The van der Waals surface area contributed by atoms with E-state index in [0.29, 0.717) is 18.7 Å². The molecule has 1 atom stereocenters. The normalized spacial score (nSPS) is 21.1. The van der Waals surface area contributed by atoms with E-state index in [-0.39, 0.29) is 10.9 Å². The molecular weight excluding hydrogens is 219 g/mol. The first-order chi connectivity index (χ1) is 7.09. The molecule has 1 amide bonds. The Bertz CT molecular complexity index is 410. The van der Waals surface area contributed by atoms with Crippen LogP contribution in [-0.2, 0) is 4.79 Å². The van der Waals surface area contributed by atoms with Gasteiger partial charge in [0.15, 0.2) is 0 Å². The molecule has 1 saturated heterocycles. The van der Waals surface area contributed by atoms with Crippen molar-refractivity contribution in [1.29, 1.82) is 0 Å². The monoisotopic (exact) mass is 228 g/mol. The van der Waals surface area contributed by atoms with Crippen LogP contribution in [0.2, 0.25) is 5.02 Å². The van der Waals surface area contributed by atoms with Gasteiger partial charge in [0.2, 0.25) is 5.91 Å². The Kier molecular flexibility index (Phi) is 2.63. The summed E-state index contributed by atoms with van der Waals surface area (Å²) in [6.07, 6.45) is 0.619. The summed E-state index contributed by atoms with van der Waals surface area (Å²) in [5.74, 6) is -0.631. The third-order valence-corrected chi connectivity index (χ3v) is 2.75. The largest absolute Gasteiger partial charge is 0.320 e. The van der Waals surface area contributed by atoms with Crippen LogP contribution >= 0.6 is 11.6 Å². The summed E-state index contributed by atoms with van der Waals surface area (Å²) < 4.78 is 12.9. The number of carbonyl (C=O) groups is 1. The molecule has 1 aromatic carbocycles. The number of carbonyl (C=O) groups excluding carboxylic acids is 1. The summed E-state index contributed by atoms with van der Waals surface area (Å²) in [5.41, 5.74) is 6.17. The molecule has 80 valence electrons. The fourth-order valence-corrected chi connectivity index (χ4v) is 1.79. The Morgan fingerprint density at radius 1 is 1.53 bits per heavy atom. The minimum atomic E-state index is -0.489. The SMILES string of the molecule is N[C@@H]1CCN(c2ccc(F)c(Cl)c2)C1=O. The van der Waals surface area contributed by atoms with Gasteiger partial charge < -0.3 is 10.6 Å². The lowest BCUT2D eigenvalue weighted by molar-refractivity contribution is -0.118. The molecule has 1 heterocycles. The van der Waals surface area contributed by atoms with Crippen LogP contribution in [0.15, 0.2) is 18.2 Å². The maximum absolute atomic E-state index is 12.9. The van der Waals surface area contributed by atoms with Crippen LogP contribution in [0.25, 0.3) is 0 Å². The van der Waals surface area contributed by atoms with Crippen molar-refractivity contribution in [3.05, 3.63) is 29.0 Å². The Morgan fingerprint density at radius 2 is 2.27 bits per heavy atom. The molecule has 1 aliphatic rings. The minimum absolute atomic E-state index is 0.0146. The predicted molar refractivity (Wildman–Crippen MR) is 56.4 cm³/mol. The van der Waals surface area contributed by atoms with Crippen LogP contribution in [0.3, 0.4) is 0 Å². The van der Waals surface area contributed by atoms with E-state index in [2.05, 4.69) is 0 Å². The maximum atomic E-state index is 12.9. The number of amides is 1. The van der Waals surface area contributed by atoms with E-state index in [1.165, 1.54) is 23.1 Å². The molecule has 0 radical (unpaired) electrons. The van der Waals surface area contributed by atoms with Crippen molar-refractivity contribution in [3.63, 3.8) is 0 Å². The summed E-state index contributed by atoms with van der Waals surface area (Å²) in [6, 6.07) is 3.76. The highest BCUT2D eigenvalue weighted by Gasteiger charge is 2.29. The van der Waals surface area contributed by atoms with E-state index >= 15 is 0 Å². The Labute approximate surface area is 91.6 Å². The number of halogens is 2. The smallest absolute Gasteiger partial charge is 0.243 e. The van der Waals surface area contributed by atoms with Crippen molar-refractivity contribution in [3.8, 4) is 0 Å². The van der Waals surface area contributed by atoms with Crippen LogP contribution in [-0.4, -0.2) is 18.5 Å². The summed E-state index contributed by atoms with van der Waals surface area (Å²) in [4.78, 5) is 13.1. The van der Waals surface area contributed by atoms with Crippen LogP contribution in [0.5, 0.6) is 0 Å². The number of nitrogens with zero attached hydrogens (tertiary/aromatic N) is 1.